The Balaban J connectivity index is 2.70. The molecule has 86 valence electrons. The molecule has 3 heteroatoms. The van der Waals surface area contributed by atoms with E-state index in [9.17, 15) is 0 Å². The monoisotopic (exact) mass is 209 g/mol. The lowest BCUT2D eigenvalue weighted by molar-refractivity contribution is 0.463. The normalized spacial score (nSPS) is 13.5. The Morgan fingerprint density at radius 1 is 1.40 bits per heavy atom. The first-order valence-corrected chi connectivity index (χ1v) is 5.72. The van der Waals surface area contributed by atoms with Gasteiger partial charge in [0.2, 0.25) is 0 Å². The summed E-state index contributed by atoms with van der Waals surface area (Å²) < 4.78 is 1.94. The maximum absolute atomic E-state index is 4.29. The number of hydrogen-bond acceptors (Lipinski definition) is 2. The van der Waals surface area contributed by atoms with Crippen molar-refractivity contribution in [1.82, 2.24) is 15.1 Å². The van der Waals surface area contributed by atoms with Crippen LogP contribution in [0.25, 0.3) is 0 Å². The zero-order valence-electron chi connectivity index (χ0n) is 10.5. The van der Waals surface area contributed by atoms with Crippen molar-refractivity contribution < 1.29 is 0 Å². The van der Waals surface area contributed by atoms with Crippen LogP contribution in [0, 0.1) is 12.8 Å². The molecule has 1 atom stereocenters. The summed E-state index contributed by atoms with van der Waals surface area (Å²) >= 11 is 0. The molecule has 0 aliphatic rings. The van der Waals surface area contributed by atoms with Crippen molar-refractivity contribution >= 4 is 0 Å². The third-order valence-electron chi connectivity index (χ3n) is 3.03. The van der Waals surface area contributed by atoms with E-state index in [4.69, 9.17) is 0 Å². The van der Waals surface area contributed by atoms with Gasteiger partial charge in [0.15, 0.2) is 0 Å². The van der Waals surface area contributed by atoms with Gasteiger partial charge in [0, 0.05) is 24.3 Å². The van der Waals surface area contributed by atoms with Crippen LogP contribution in [0.2, 0.25) is 0 Å². The first kappa shape index (κ1) is 12.2. The molecule has 0 aliphatic carbocycles. The molecule has 0 fully saturated rings. The third kappa shape index (κ3) is 3.06. The van der Waals surface area contributed by atoms with Gasteiger partial charge in [0.25, 0.3) is 0 Å². The lowest BCUT2D eigenvalue weighted by Crippen LogP contribution is -2.17. The number of aryl methyl sites for hydroxylation is 1. The Labute approximate surface area is 92.9 Å². The van der Waals surface area contributed by atoms with E-state index in [1.807, 2.05) is 25.0 Å². The zero-order valence-corrected chi connectivity index (χ0v) is 10.5. The molecule has 1 rings (SSSR count). The van der Waals surface area contributed by atoms with Gasteiger partial charge in [-0.1, -0.05) is 13.8 Å². The lowest BCUT2D eigenvalue weighted by atomic mass is 9.98. The molecule has 0 bridgehead atoms. The smallest absolute Gasteiger partial charge is 0.0540 e. The standard InChI is InChI=1S/C12H23N3/c1-9(2)6-7-12(13-4)11-8-14-15(5)10(11)3/h8-9,12-13H,6-7H2,1-5H3. The van der Waals surface area contributed by atoms with Crippen LogP contribution in [0.4, 0.5) is 0 Å². The molecule has 1 heterocycles. The van der Waals surface area contributed by atoms with Gasteiger partial charge >= 0.3 is 0 Å². The summed E-state index contributed by atoms with van der Waals surface area (Å²) in [6.45, 7) is 6.66. The van der Waals surface area contributed by atoms with E-state index in [1.165, 1.54) is 24.1 Å². The SMILES string of the molecule is CNC(CCC(C)C)c1cnn(C)c1C. The summed E-state index contributed by atoms with van der Waals surface area (Å²) in [5.41, 5.74) is 2.60. The number of hydrogen-bond donors (Lipinski definition) is 1. The minimum atomic E-state index is 0.445. The highest BCUT2D eigenvalue weighted by molar-refractivity contribution is 5.20. The molecule has 0 spiro atoms. The van der Waals surface area contributed by atoms with Crippen LogP contribution in [-0.4, -0.2) is 16.8 Å². The van der Waals surface area contributed by atoms with E-state index >= 15 is 0 Å². The topological polar surface area (TPSA) is 29.9 Å². The quantitative estimate of drug-likeness (QED) is 0.807. The highest BCUT2D eigenvalue weighted by Gasteiger charge is 2.14. The van der Waals surface area contributed by atoms with E-state index in [1.54, 1.807) is 0 Å². The molecule has 1 N–H and O–H groups in total. The Morgan fingerprint density at radius 3 is 2.47 bits per heavy atom. The van der Waals surface area contributed by atoms with E-state index in [0.717, 1.165) is 5.92 Å². The van der Waals surface area contributed by atoms with Crippen LogP contribution in [-0.2, 0) is 7.05 Å². The summed E-state index contributed by atoms with van der Waals surface area (Å²) in [5.74, 6) is 0.762. The summed E-state index contributed by atoms with van der Waals surface area (Å²) in [6.07, 6.45) is 4.41. The minimum Gasteiger partial charge on any atom is -0.313 e. The highest BCUT2D eigenvalue weighted by Crippen LogP contribution is 2.22. The number of nitrogens with one attached hydrogen (secondary N) is 1. The number of aromatic nitrogens is 2. The first-order chi connectivity index (χ1) is 7.06. The summed E-state index contributed by atoms with van der Waals surface area (Å²) in [5, 5.41) is 7.66. The van der Waals surface area contributed by atoms with E-state index in [0.29, 0.717) is 6.04 Å². The molecule has 0 saturated carbocycles. The molecule has 0 radical (unpaired) electrons. The molecular weight excluding hydrogens is 186 g/mol. The van der Waals surface area contributed by atoms with E-state index in [2.05, 4.69) is 31.2 Å². The average molecular weight is 209 g/mol. The van der Waals surface area contributed by atoms with Gasteiger partial charge in [-0.15, -0.1) is 0 Å². The minimum absolute atomic E-state index is 0.445. The molecule has 0 saturated heterocycles. The Hall–Kier alpha value is -0.830. The lowest BCUT2D eigenvalue weighted by Gasteiger charge is -2.17. The summed E-state index contributed by atoms with van der Waals surface area (Å²) in [6, 6.07) is 0.445. The van der Waals surface area contributed by atoms with Crippen LogP contribution in [0.15, 0.2) is 6.20 Å². The molecule has 1 unspecified atom stereocenters. The summed E-state index contributed by atoms with van der Waals surface area (Å²) in [7, 11) is 4.02. The maximum Gasteiger partial charge on any atom is 0.0540 e. The van der Waals surface area contributed by atoms with Crippen LogP contribution >= 0.6 is 0 Å². The second-order valence-corrected chi connectivity index (χ2v) is 4.62. The second kappa shape index (κ2) is 5.31. The molecule has 3 nitrogen and oxygen atoms in total. The van der Waals surface area contributed by atoms with Gasteiger partial charge in [-0.05, 0) is 32.7 Å². The van der Waals surface area contributed by atoms with E-state index in [-0.39, 0.29) is 0 Å². The molecular formula is C12H23N3. The van der Waals surface area contributed by atoms with Crippen molar-refractivity contribution in [2.45, 2.75) is 39.7 Å². The molecule has 0 amide bonds. The van der Waals surface area contributed by atoms with Crippen molar-refractivity contribution in [1.29, 1.82) is 0 Å². The zero-order chi connectivity index (χ0) is 11.4. The molecule has 0 aromatic carbocycles. The largest absolute Gasteiger partial charge is 0.313 e. The fourth-order valence-electron chi connectivity index (χ4n) is 1.81. The third-order valence-corrected chi connectivity index (χ3v) is 3.03. The van der Waals surface area contributed by atoms with Gasteiger partial charge in [0.05, 0.1) is 6.20 Å². The number of nitrogens with zero attached hydrogens (tertiary/aromatic N) is 2. The fourth-order valence-corrected chi connectivity index (χ4v) is 1.81. The van der Waals surface area contributed by atoms with Gasteiger partial charge in [-0.2, -0.15) is 5.10 Å². The van der Waals surface area contributed by atoms with Gasteiger partial charge in [-0.3, -0.25) is 4.68 Å². The highest BCUT2D eigenvalue weighted by atomic mass is 15.3. The average Bonchev–Trinajstić information content (AvgIpc) is 2.50. The summed E-state index contributed by atoms with van der Waals surface area (Å²) in [4.78, 5) is 0. The van der Waals surface area contributed by atoms with Gasteiger partial charge < -0.3 is 5.32 Å². The van der Waals surface area contributed by atoms with Crippen molar-refractivity contribution in [3.63, 3.8) is 0 Å². The first-order valence-electron chi connectivity index (χ1n) is 5.72. The van der Waals surface area contributed by atoms with Crippen molar-refractivity contribution in [3.8, 4) is 0 Å². The fraction of sp³-hybridized carbons (Fsp3) is 0.750. The van der Waals surface area contributed by atoms with Gasteiger partial charge in [-0.25, -0.2) is 0 Å². The van der Waals surface area contributed by atoms with Crippen LogP contribution < -0.4 is 5.32 Å². The molecule has 15 heavy (non-hydrogen) atoms. The van der Waals surface area contributed by atoms with Crippen molar-refractivity contribution in [2.75, 3.05) is 7.05 Å². The molecule has 1 aromatic heterocycles. The molecule has 0 aliphatic heterocycles. The maximum atomic E-state index is 4.29. The second-order valence-electron chi connectivity index (χ2n) is 4.62. The Bertz CT molecular complexity index is 302. The predicted octanol–water partition coefficient (Wildman–Crippen LogP) is 2.43. The van der Waals surface area contributed by atoms with E-state index < -0.39 is 0 Å². The van der Waals surface area contributed by atoms with Crippen LogP contribution in [0.5, 0.6) is 0 Å². The van der Waals surface area contributed by atoms with Crippen molar-refractivity contribution in [2.24, 2.45) is 13.0 Å². The Kier molecular flexibility index (Phi) is 4.33. The Morgan fingerprint density at radius 2 is 2.07 bits per heavy atom. The molecule has 1 aromatic rings. The van der Waals surface area contributed by atoms with Crippen molar-refractivity contribution in [3.05, 3.63) is 17.5 Å². The number of rotatable bonds is 5. The van der Waals surface area contributed by atoms with Gasteiger partial charge in [0.1, 0.15) is 0 Å². The van der Waals surface area contributed by atoms with Crippen LogP contribution in [0.1, 0.15) is 44.0 Å². The predicted molar refractivity (Wildman–Crippen MR) is 63.8 cm³/mol. The van der Waals surface area contributed by atoms with Crippen LogP contribution in [0.3, 0.4) is 0 Å².